The summed E-state index contributed by atoms with van der Waals surface area (Å²) < 4.78 is 38.1. The van der Waals surface area contributed by atoms with E-state index in [0.717, 1.165) is 56.9 Å². The minimum atomic E-state index is -1.38. The summed E-state index contributed by atoms with van der Waals surface area (Å²) in [5.74, 6) is 0.166. The molecule has 4 aromatic carbocycles. The van der Waals surface area contributed by atoms with E-state index in [2.05, 4.69) is 31.8 Å². The van der Waals surface area contributed by atoms with Gasteiger partial charge in [-0.1, -0.05) is 60.1 Å². The number of thiophene rings is 1. The number of carbonyl (C=O) groups is 1. The number of hydrogen-bond acceptors (Lipinski definition) is 12. The number of likely N-dealkylation sites (N-methyl/N-ethyl adjacent to an activating group) is 1. The van der Waals surface area contributed by atoms with Crippen molar-refractivity contribution in [3.05, 3.63) is 136 Å². The van der Waals surface area contributed by atoms with E-state index >= 15 is 0 Å². The highest BCUT2D eigenvalue weighted by molar-refractivity contribution is 7.22. The normalized spacial score (nSPS) is 14.2. The molecule has 0 amide bonds. The molecular formula is C48H46ClFN6O6S. The zero-order chi connectivity index (χ0) is 44.0. The molecule has 3 aromatic heterocycles. The Labute approximate surface area is 373 Å². The van der Waals surface area contributed by atoms with Gasteiger partial charge in [0.05, 0.1) is 30.4 Å². The van der Waals surface area contributed by atoms with Gasteiger partial charge in [-0.15, -0.1) is 11.3 Å². The monoisotopic (exact) mass is 888 g/mol. The number of para-hydroxylation sites is 1. The number of fused-ring (bicyclic) bond motifs is 6. The van der Waals surface area contributed by atoms with E-state index in [1.807, 2.05) is 61.5 Å². The first-order valence-electron chi connectivity index (χ1n) is 20.4. The topological polar surface area (TPSA) is 132 Å². The van der Waals surface area contributed by atoms with E-state index < -0.39 is 12.1 Å². The SMILES string of the molecule is COCCN(C)CCN1Cc2ccc(OCc3ccnc(-c4ccccc4OC)n3)c(c2)C[C@H](C(=O)O)Oc2ncnc3sc(-c4ccc(F)cc4)c(c23)-c2ccc(c(Cl)c2C)C1. The van der Waals surface area contributed by atoms with Gasteiger partial charge < -0.3 is 29.0 Å². The molecule has 63 heavy (non-hydrogen) atoms. The number of aliphatic carboxylic acids is 1. The van der Waals surface area contributed by atoms with Gasteiger partial charge >= 0.3 is 5.97 Å². The van der Waals surface area contributed by atoms with Gasteiger partial charge in [-0.25, -0.2) is 29.1 Å². The lowest BCUT2D eigenvalue weighted by atomic mass is 9.94. The lowest BCUT2D eigenvalue weighted by Crippen LogP contribution is -2.34. The third kappa shape index (κ3) is 9.80. The van der Waals surface area contributed by atoms with Crippen molar-refractivity contribution in [2.24, 2.45) is 0 Å². The third-order valence-electron chi connectivity index (χ3n) is 11.1. The van der Waals surface area contributed by atoms with E-state index in [9.17, 15) is 14.3 Å². The maximum Gasteiger partial charge on any atom is 0.345 e. The van der Waals surface area contributed by atoms with Gasteiger partial charge in [0.25, 0.3) is 0 Å². The summed E-state index contributed by atoms with van der Waals surface area (Å²) in [6.07, 6.45) is 1.60. The number of halogens is 2. The molecule has 0 fully saturated rings. The van der Waals surface area contributed by atoms with Crippen LogP contribution >= 0.6 is 22.9 Å². The summed E-state index contributed by atoms with van der Waals surface area (Å²) in [5, 5.41) is 12.0. The average molecular weight is 889 g/mol. The number of rotatable bonds is 13. The molecule has 0 radical (unpaired) electrons. The van der Waals surface area contributed by atoms with E-state index in [-0.39, 0.29) is 24.7 Å². The molecule has 0 aliphatic carbocycles. The van der Waals surface area contributed by atoms with Crippen LogP contribution in [-0.4, -0.2) is 94.4 Å². The van der Waals surface area contributed by atoms with Crippen molar-refractivity contribution >= 4 is 39.1 Å². The Bertz CT molecular complexity index is 2750. The molecule has 2 aliphatic heterocycles. The molecule has 4 bridgehead atoms. The molecule has 5 heterocycles. The van der Waals surface area contributed by atoms with Gasteiger partial charge in [0.15, 0.2) is 5.82 Å². The van der Waals surface area contributed by atoms with Crippen LogP contribution in [0.2, 0.25) is 5.02 Å². The second kappa shape index (κ2) is 19.6. The highest BCUT2D eigenvalue weighted by Crippen LogP contribution is 2.49. The summed E-state index contributed by atoms with van der Waals surface area (Å²) >= 11 is 8.72. The Morgan fingerprint density at radius 2 is 1.79 bits per heavy atom. The van der Waals surface area contributed by atoms with Crippen molar-refractivity contribution in [1.29, 1.82) is 0 Å². The van der Waals surface area contributed by atoms with Gasteiger partial charge in [-0.3, -0.25) is 4.90 Å². The maximum absolute atomic E-state index is 14.2. The molecule has 0 spiro atoms. The van der Waals surface area contributed by atoms with Gasteiger partial charge in [-0.2, -0.15) is 0 Å². The Balaban J connectivity index is 1.23. The molecule has 2 aliphatic rings. The van der Waals surface area contributed by atoms with Crippen molar-refractivity contribution in [3.8, 4) is 50.3 Å². The second-order valence-corrected chi connectivity index (χ2v) is 16.7. The molecule has 0 saturated heterocycles. The quantitative estimate of drug-likeness (QED) is 0.118. The van der Waals surface area contributed by atoms with E-state index in [1.165, 1.54) is 29.8 Å². The van der Waals surface area contributed by atoms with Crippen LogP contribution in [0, 0.1) is 12.7 Å². The van der Waals surface area contributed by atoms with Crippen molar-refractivity contribution in [2.75, 3.05) is 47.5 Å². The molecule has 15 heteroatoms. The second-order valence-electron chi connectivity index (χ2n) is 15.3. The summed E-state index contributed by atoms with van der Waals surface area (Å²) in [6.45, 7) is 5.99. The van der Waals surface area contributed by atoms with Crippen LogP contribution in [0.25, 0.3) is 43.2 Å². The number of carboxylic acid groups (broad SMARTS) is 1. The number of carboxylic acids is 1. The van der Waals surface area contributed by atoms with Crippen LogP contribution in [0.1, 0.15) is 27.9 Å². The first-order valence-corrected chi connectivity index (χ1v) is 21.6. The Hall–Kier alpha value is -6.03. The predicted molar refractivity (Wildman–Crippen MR) is 242 cm³/mol. The fourth-order valence-corrected chi connectivity index (χ4v) is 9.09. The smallest absolute Gasteiger partial charge is 0.345 e. The first-order chi connectivity index (χ1) is 30.6. The summed E-state index contributed by atoms with van der Waals surface area (Å²) in [7, 11) is 5.36. The van der Waals surface area contributed by atoms with Gasteiger partial charge in [0.2, 0.25) is 12.0 Å². The zero-order valence-electron chi connectivity index (χ0n) is 35.3. The van der Waals surface area contributed by atoms with E-state index in [0.29, 0.717) is 70.1 Å². The number of nitrogens with zero attached hydrogens (tertiary/aromatic N) is 6. The van der Waals surface area contributed by atoms with Crippen LogP contribution in [0.3, 0.4) is 0 Å². The predicted octanol–water partition coefficient (Wildman–Crippen LogP) is 9.14. The molecule has 0 saturated carbocycles. The van der Waals surface area contributed by atoms with Gasteiger partial charge in [-0.05, 0) is 83.8 Å². The molecule has 0 unspecified atom stereocenters. The highest BCUT2D eigenvalue weighted by atomic mass is 35.5. The molecular weight excluding hydrogens is 843 g/mol. The van der Waals surface area contributed by atoms with Crippen molar-refractivity contribution in [3.63, 3.8) is 0 Å². The fourth-order valence-electron chi connectivity index (χ4n) is 7.71. The standard InChI is InChI=1S/C48H46ClFN6O6S/c1-29-36-15-12-32(43(29)49)26-56(20-19-55(2)21-22-59-3)25-30-9-16-38(61-27-35-17-18-51-45(54-35)37-7-5-6-8-39(37)60-4)33(23-30)24-40(48(57)58)62-46-42-41(36)44(63-47(42)53-28-52-46)31-10-13-34(50)14-11-31/h5-18,23,28,40H,19-22,24-27H2,1-4H3,(H,57,58)/t40-/m1/s1. The number of aromatic nitrogens is 4. The molecule has 1 N–H and O–H groups in total. The fraction of sp³-hybridized carbons (Fsp3) is 0.271. The number of methoxy groups -OCH3 is 2. The largest absolute Gasteiger partial charge is 0.496 e. The minimum absolute atomic E-state index is 0.0527. The van der Waals surface area contributed by atoms with Crippen LogP contribution in [-0.2, 0) is 35.6 Å². The summed E-state index contributed by atoms with van der Waals surface area (Å²) in [4.78, 5) is 37.6. The molecule has 9 rings (SSSR count). The van der Waals surface area contributed by atoms with Crippen LogP contribution < -0.4 is 14.2 Å². The number of ether oxygens (including phenoxy) is 4. The summed E-state index contributed by atoms with van der Waals surface area (Å²) in [6, 6.07) is 25.5. The molecule has 12 nitrogen and oxygen atoms in total. The Morgan fingerprint density at radius 1 is 0.968 bits per heavy atom. The highest BCUT2D eigenvalue weighted by Gasteiger charge is 2.29. The van der Waals surface area contributed by atoms with Crippen LogP contribution in [0.15, 0.2) is 97.5 Å². The summed E-state index contributed by atoms with van der Waals surface area (Å²) in [5.41, 5.74) is 7.00. The van der Waals surface area contributed by atoms with Crippen LogP contribution in [0.4, 0.5) is 4.39 Å². The first kappa shape index (κ1) is 43.6. The molecule has 7 aromatic rings. The lowest BCUT2D eigenvalue weighted by Gasteiger charge is -2.27. The zero-order valence-corrected chi connectivity index (χ0v) is 36.9. The van der Waals surface area contributed by atoms with Crippen molar-refractivity contribution < 1.29 is 33.2 Å². The van der Waals surface area contributed by atoms with Crippen molar-refractivity contribution in [1.82, 2.24) is 29.7 Å². The van der Waals surface area contributed by atoms with E-state index in [1.54, 1.807) is 38.6 Å². The number of benzene rings is 4. The Kier molecular flexibility index (Phi) is 13.5. The van der Waals surface area contributed by atoms with Crippen molar-refractivity contribution in [2.45, 2.75) is 39.1 Å². The number of hydrogen-bond donors (Lipinski definition) is 1. The maximum atomic E-state index is 14.2. The lowest BCUT2D eigenvalue weighted by molar-refractivity contribution is -0.145. The average Bonchev–Trinajstić information content (AvgIpc) is 3.68. The minimum Gasteiger partial charge on any atom is -0.496 e. The van der Waals surface area contributed by atoms with E-state index in [4.69, 9.17) is 35.5 Å². The third-order valence-corrected chi connectivity index (χ3v) is 12.7. The molecule has 324 valence electrons. The van der Waals surface area contributed by atoms with Gasteiger partial charge in [0.1, 0.15) is 35.1 Å². The Morgan fingerprint density at radius 3 is 2.59 bits per heavy atom. The van der Waals surface area contributed by atoms with Gasteiger partial charge in [0, 0.05) is 67.9 Å². The molecule has 1 atom stereocenters. The van der Waals surface area contributed by atoms with Crippen LogP contribution in [0.5, 0.6) is 17.4 Å².